The number of piperidine rings is 1. The Morgan fingerprint density at radius 1 is 0.917 bits per heavy atom. The SMILES string of the molecule is COc1cccc(NC(=S)N2CCC3(CCN(C(=O)Cc4ccc(OC)c(OC)c4OC)C3)CC2)c1. The number of likely N-dealkylation sites (tertiary alicyclic amines) is 2. The van der Waals surface area contributed by atoms with Gasteiger partial charge in [-0.05, 0) is 55.1 Å². The molecule has 2 aromatic rings. The van der Waals surface area contributed by atoms with E-state index in [1.165, 1.54) is 0 Å². The predicted octanol–water partition coefficient (Wildman–Crippen LogP) is 3.98. The molecular weight excluding hydrogens is 478 g/mol. The summed E-state index contributed by atoms with van der Waals surface area (Å²) in [7, 11) is 6.39. The molecule has 0 bridgehead atoms. The predicted molar refractivity (Wildman–Crippen MR) is 143 cm³/mol. The maximum absolute atomic E-state index is 13.2. The third-order valence-corrected chi connectivity index (χ3v) is 7.71. The lowest BCUT2D eigenvalue weighted by atomic mass is 9.78. The molecule has 1 amide bonds. The minimum atomic E-state index is 0.107. The summed E-state index contributed by atoms with van der Waals surface area (Å²) in [6.45, 7) is 3.31. The van der Waals surface area contributed by atoms with E-state index in [4.69, 9.17) is 31.2 Å². The standard InChI is InChI=1S/C27H35N3O5S/c1-32-21-7-5-6-20(17-21)28-26(36)29-13-10-27(11-14-29)12-15-30(18-27)23(31)16-19-8-9-22(33-2)25(35-4)24(19)34-3/h5-9,17H,10-16,18H2,1-4H3,(H,28,36). The fraction of sp³-hybridized carbons (Fsp3) is 0.481. The van der Waals surface area contributed by atoms with Crippen LogP contribution in [0.5, 0.6) is 23.0 Å². The Balaban J connectivity index is 1.33. The molecule has 2 saturated heterocycles. The number of ether oxygens (including phenoxy) is 4. The lowest BCUT2D eigenvalue weighted by Crippen LogP contribution is -2.46. The molecule has 2 heterocycles. The van der Waals surface area contributed by atoms with Gasteiger partial charge in [-0.2, -0.15) is 0 Å². The second-order valence-corrected chi connectivity index (χ2v) is 9.77. The Hall–Kier alpha value is -3.20. The number of anilines is 1. The molecule has 36 heavy (non-hydrogen) atoms. The van der Waals surface area contributed by atoms with E-state index in [0.29, 0.717) is 17.2 Å². The van der Waals surface area contributed by atoms with Crippen molar-refractivity contribution in [1.29, 1.82) is 0 Å². The van der Waals surface area contributed by atoms with E-state index in [1.54, 1.807) is 28.4 Å². The highest BCUT2D eigenvalue weighted by Crippen LogP contribution is 2.42. The fourth-order valence-corrected chi connectivity index (χ4v) is 5.52. The highest BCUT2D eigenvalue weighted by atomic mass is 32.1. The second-order valence-electron chi connectivity index (χ2n) is 9.38. The summed E-state index contributed by atoms with van der Waals surface area (Å²) in [4.78, 5) is 17.5. The highest BCUT2D eigenvalue weighted by molar-refractivity contribution is 7.80. The summed E-state index contributed by atoms with van der Waals surface area (Å²) < 4.78 is 21.7. The summed E-state index contributed by atoms with van der Waals surface area (Å²) in [5.74, 6) is 2.53. The van der Waals surface area contributed by atoms with Crippen molar-refractivity contribution in [3.63, 3.8) is 0 Å². The van der Waals surface area contributed by atoms with Gasteiger partial charge >= 0.3 is 0 Å². The third kappa shape index (κ3) is 5.46. The van der Waals surface area contributed by atoms with Gasteiger partial charge in [-0.25, -0.2) is 0 Å². The van der Waals surface area contributed by atoms with Crippen LogP contribution in [0, 0.1) is 5.41 Å². The molecule has 1 N–H and O–H groups in total. The first kappa shape index (κ1) is 25.9. The van der Waals surface area contributed by atoms with Crippen LogP contribution in [0.3, 0.4) is 0 Å². The molecule has 8 nitrogen and oxygen atoms in total. The van der Waals surface area contributed by atoms with Crippen molar-refractivity contribution in [2.24, 2.45) is 5.41 Å². The Labute approximate surface area is 218 Å². The third-order valence-electron chi connectivity index (χ3n) is 7.35. The molecule has 2 aromatic carbocycles. The van der Waals surface area contributed by atoms with Gasteiger partial charge in [0.25, 0.3) is 0 Å². The van der Waals surface area contributed by atoms with Crippen molar-refractivity contribution in [2.45, 2.75) is 25.7 Å². The minimum absolute atomic E-state index is 0.107. The summed E-state index contributed by atoms with van der Waals surface area (Å²) in [5.41, 5.74) is 1.87. The van der Waals surface area contributed by atoms with Gasteiger partial charge in [-0.15, -0.1) is 0 Å². The van der Waals surface area contributed by atoms with Crippen LogP contribution in [0.1, 0.15) is 24.8 Å². The first-order valence-corrected chi connectivity index (χ1v) is 12.6. The van der Waals surface area contributed by atoms with Crippen LogP contribution >= 0.6 is 12.2 Å². The average Bonchev–Trinajstić information content (AvgIpc) is 3.32. The summed E-state index contributed by atoms with van der Waals surface area (Å²) in [6.07, 6.45) is 3.30. The number of rotatable bonds is 7. The van der Waals surface area contributed by atoms with Crippen LogP contribution in [0.4, 0.5) is 5.69 Å². The van der Waals surface area contributed by atoms with Gasteiger partial charge in [0, 0.05) is 43.5 Å². The van der Waals surface area contributed by atoms with E-state index in [2.05, 4.69) is 10.2 Å². The Morgan fingerprint density at radius 3 is 2.25 bits per heavy atom. The first-order chi connectivity index (χ1) is 17.4. The Bertz CT molecular complexity index is 1100. The van der Waals surface area contributed by atoms with Crippen molar-refractivity contribution in [3.8, 4) is 23.0 Å². The van der Waals surface area contributed by atoms with Crippen molar-refractivity contribution < 1.29 is 23.7 Å². The van der Waals surface area contributed by atoms with Gasteiger partial charge in [0.1, 0.15) is 5.75 Å². The average molecular weight is 514 g/mol. The number of carbonyl (C=O) groups excluding carboxylic acids is 1. The van der Waals surface area contributed by atoms with Crippen LogP contribution in [0.2, 0.25) is 0 Å². The normalized spacial score (nSPS) is 16.6. The lowest BCUT2D eigenvalue weighted by Gasteiger charge is -2.40. The summed E-state index contributed by atoms with van der Waals surface area (Å²) in [5, 5.41) is 4.06. The molecule has 0 atom stereocenters. The smallest absolute Gasteiger partial charge is 0.227 e. The number of nitrogens with one attached hydrogen (secondary N) is 1. The molecule has 0 unspecified atom stereocenters. The number of methoxy groups -OCH3 is 4. The van der Waals surface area contributed by atoms with Crippen molar-refractivity contribution >= 4 is 28.9 Å². The highest BCUT2D eigenvalue weighted by Gasteiger charge is 2.42. The Morgan fingerprint density at radius 2 is 1.61 bits per heavy atom. The van der Waals surface area contributed by atoms with Gasteiger partial charge in [0.15, 0.2) is 16.6 Å². The molecule has 0 aromatic heterocycles. The number of benzene rings is 2. The topological polar surface area (TPSA) is 72.5 Å². The molecule has 4 rings (SSSR count). The second kappa shape index (κ2) is 11.2. The fourth-order valence-electron chi connectivity index (χ4n) is 5.22. The zero-order chi connectivity index (χ0) is 25.7. The van der Waals surface area contributed by atoms with Crippen molar-refractivity contribution in [2.75, 3.05) is 59.9 Å². The van der Waals surface area contributed by atoms with Crippen LogP contribution in [-0.4, -0.2) is 75.4 Å². The van der Waals surface area contributed by atoms with Crippen molar-refractivity contribution in [1.82, 2.24) is 9.80 Å². The van der Waals surface area contributed by atoms with Gasteiger partial charge in [0.05, 0.1) is 34.9 Å². The molecule has 2 aliphatic heterocycles. The van der Waals surface area contributed by atoms with E-state index in [9.17, 15) is 4.79 Å². The molecule has 2 fully saturated rings. The quantitative estimate of drug-likeness (QED) is 0.558. The van der Waals surface area contributed by atoms with Crippen LogP contribution in [-0.2, 0) is 11.2 Å². The van der Waals surface area contributed by atoms with Crippen LogP contribution in [0.15, 0.2) is 36.4 Å². The van der Waals surface area contributed by atoms with Gasteiger partial charge < -0.3 is 34.1 Å². The van der Waals surface area contributed by atoms with Gasteiger partial charge in [0.2, 0.25) is 11.7 Å². The van der Waals surface area contributed by atoms with E-state index in [1.807, 2.05) is 41.3 Å². The molecule has 9 heteroatoms. The van der Waals surface area contributed by atoms with Gasteiger partial charge in [-0.1, -0.05) is 12.1 Å². The van der Waals surface area contributed by atoms with Crippen LogP contribution in [0.25, 0.3) is 0 Å². The lowest BCUT2D eigenvalue weighted by molar-refractivity contribution is -0.130. The van der Waals surface area contributed by atoms with Crippen LogP contribution < -0.4 is 24.3 Å². The van der Waals surface area contributed by atoms with E-state index >= 15 is 0 Å². The monoisotopic (exact) mass is 513 g/mol. The maximum Gasteiger partial charge on any atom is 0.227 e. The number of hydrogen-bond donors (Lipinski definition) is 1. The first-order valence-electron chi connectivity index (χ1n) is 12.2. The molecular formula is C27H35N3O5S. The number of hydrogen-bond acceptors (Lipinski definition) is 6. The largest absolute Gasteiger partial charge is 0.497 e. The van der Waals surface area contributed by atoms with E-state index in [-0.39, 0.29) is 17.7 Å². The number of amides is 1. The Kier molecular flexibility index (Phi) is 8.08. The minimum Gasteiger partial charge on any atom is -0.497 e. The number of thiocarbonyl (C=S) groups is 1. The number of nitrogens with zero attached hydrogens (tertiary/aromatic N) is 2. The van der Waals surface area contributed by atoms with E-state index < -0.39 is 0 Å². The molecule has 0 saturated carbocycles. The molecule has 0 radical (unpaired) electrons. The molecule has 2 aliphatic rings. The van der Waals surface area contributed by atoms with E-state index in [0.717, 1.165) is 67.6 Å². The molecule has 194 valence electrons. The molecule has 1 spiro atoms. The molecule has 0 aliphatic carbocycles. The van der Waals surface area contributed by atoms with Gasteiger partial charge in [-0.3, -0.25) is 4.79 Å². The number of carbonyl (C=O) groups is 1. The summed E-state index contributed by atoms with van der Waals surface area (Å²) in [6, 6.07) is 11.5. The summed E-state index contributed by atoms with van der Waals surface area (Å²) >= 11 is 5.68. The zero-order valence-corrected chi connectivity index (χ0v) is 22.3. The van der Waals surface area contributed by atoms with Crippen molar-refractivity contribution in [3.05, 3.63) is 42.0 Å². The maximum atomic E-state index is 13.2. The zero-order valence-electron chi connectivity index (χ0n) is 21.5.